The molecule has 0 saturated carbocycles. The van der Waals surface area contributed by atoms with Gasteiger partial charge in [-0.25, -0.2) is 9.18 Å². The lowest BCUT2D eigenvalue weighted by atomic mass is 9.96. The van der Waals surface area contributed by atoms with Crippen LogP contribution in [0.5, 0.6) is 5.75 Å². The number of benzene rings is 5. The number of halogens is 1. The van der Waals surface area contributed by atoms with E-state index in [1.54, 1.807) is 36.2 Å². The van der Waals surface area contributed by atoms with Crippen LogP contribution in [0.25, 0.3) is 17.2 Å². The molecule has 1 saturated heterocycles. The van der Waals surface area contributed by atoms with Gasteiger partial charge in [-0.05, 0) is 90.4 Å². The zero-order chi connectivity index (χ0) is 45.9. The maximum Gasteiger partial charge on any atom is 0.411 e. The smallest absolute Gasteiger partial charge is 0.411 e. The summed E-state index contributed by atoms with van der Waals surface area (Å²) in [7, 11) is 1.74. The van der Waals surface area contributed by atoms with Crippen LogP contribution < -0.4 is 26.2 Å². The number of aromatic hydroxyl groups is 1. The van der Waals surface area contributed by atoms with Gasteiger partial charge in [0.25, 0.3) is 0 Å². The molecule has 7 N–H and O–H groups in total. The first-order chi connectivity index (χ1) is 31.4. The highest BCUT2D eigenvalue weighted by Crippen LogP contribution is 2.37. The number of piperidine rings is 1. The molecule has 3 amide bonds. The summed E-state index contributed by atoms with van der Waals surface area (Å²) < 4.78 is 20.7. The number of fused-ring (bicyclic) bond motifs is 1. The summed E-state index contributed by atoms with van der Waals surface area (Å²) in [5, 5.41) is 42.9. The summed E-state index contributed by atoms with van der Waals surface area (Å²) in [6, 6.07) is 32.5. The number of carbonyl (C=O) groups excluding carboxylic acids is 3. The molecule has 2 heterocycles. The van der Waals surface area contributed by atoms with Crippen LogP contribution in [0.15, 0.2) is 115 Å². The molecular formula is C51H57FN6O7. The van der Waals surface area contributed by atoms with Crippen LogP contribution in [0.4, 0.5) is 26.2 Å². The molecule has 0 radical (unpaired) electrons. The SMILES string of the molecule is CC(Cc1cc(CNC(=O)Cc2ccc(N(C)C(=O)CCN3CCC(OC(=O)Nc4ccccc4-c4ccccc4)CC3)cc2)ccc1F)NC[C@H](O)c1ccc(O)c2c1C=CC(O)N2. The number of hydrogen-bond donors (Lipinski definition) is 7. The number of nitrogens with zero attached hydrogens (tertiary/aromatic N) is 2. The highest BCUT2D eigenvalue weighted by atomic mass is 19.1. The molecule has 1 fully saturated rings. The number of rotatable bonds is 17. The minimum Gasteiger partial charge on any atom is -0.506 e. The summed E-state index contributed by atoms with van der Waals surface area (Å²) in [6.07, 6.45) is 2.79. The Morgan fingerprint density at radius 2 is 1.66 bits per heavy atom. The van der Waals surface area contributed by atoms with Crippen molar-refractivity contribution in [2.45, 2.75) is 70.1 Å². The van der Waals surface area contributed by atoms with Crippen LogP contribution in [0.1, 0.15) is 60.1 Å². The van der Waals surface area contributed by atoms with E-state index in [1.807, 2.05) is 85.8 Å². The number of phenolic OH excluding ortho intramolecular Hbond substituents is 1. The second-order valence-corrected chi connectivity index (χ2v) is 16.7. The van der Waals surface area contributed by atoms with Crippen LogP contribution in [-0.4, -0.2) is 89.7 Å². The Kier molecular flexibility index (Phi) is 15.6. The number of aliphatic hydroxyl groups excluding tert-OH is 2. The van der Waals surface area contributed by atoms with Gasteiger partial charge < -0.3 is 45.8 Å². The Bertz CT molecular complexity index is 2460. The van der Waals surface area contributed by atoms with Crippen LogP contribution in [0, 0.1) is 5.82 Å². The van der Waals surface area contributed by atoms with Crippen molar-refractivity contribution >= 4 is 41.0 Å². The van der Waals surface area contributed by atoms with Crippen molar-refractivity contribution in [1.82, 2.24) is 15.5 Å². The minimum absolute atomic E-state index is 0.0308. The van der Waals surface area contributed by atoms with E-state index in [0.29, 0.717) is 73.4 Å². The molecule has 2 unspecified atom stereocenters. The summed E-state index contributed by atoms with van der Waals surface area (Å²) in [4.78, 5) is 42.7. The van der Waals surface area contributed by atoms with E-state index in [2.05, 4.69) is 26.2 Å². The normalized spacial score (nSPS) is 15.9. The predicted molar refractivity (Wildman–Crippen MR) is 251 cm³/mol. The first kappa shape index (κ1) is 46.4. The van der Waals surface area contributed by atoms with E-state index >= 15 is 0 Å². The van der Waals surface area contributed by atoms with Gasteiger partial charge in [0, 0.05) is 69.0 Å². The molecule has 5 aromatic rings. The second-order valence-electron chi connectivity index (χ2n) is 16.7. The first-order valence-corrected chi connectivity index (χ1v) is 22.0. The summed E-state index contributed by atoms with van der Waals surface area (Å²) >= 11 is 0. The molecule has 2 aliphatic heterocycles. The maximum absolute atomic E-state index is 14.9. The topological polar surface area (TPSA) is 176 Å². The fourth-order valence-corrected chi connectivity index (χ4v) is 8.20. The van der Waals surface area contributed by atoms with Crippen LogP contribution >= 0.6 is 0 Å². The van der Waals surface area contributed by atoms with Gasteiger partial charge in [-0.2, -0.15) is 0 Å². The predicted octanol–water partition coefficient (Wildman–Crippen LogP) is 7.13. The number of ether oxygens (including phenoxy) is 1. The Morgan fingerprint density at radius 1 is 0.938 bits per heavy atom. The lowest BCUT2D eigenvalue weighted by Gasteiger charge is -2.31. The van der Waals surface area contributed by atoms with Gasteiger partial charge in [-0.1, -0.05) is 84.9 Å². The van der Waals surface area contributed by atoms with Crippen molar-refractivity contribution in [3.63, 3.8) is 0 Å². The van der Waals surface area contributed by atoms with E-state index in [1.165, 1.54) is 18.2 Å². The highest BCUT2D eigenvalue weighted by molar-refractivity contribution is 5.93. The summed E-state index contributed by atoms with van der Waals surface area (Å²) in [5.74, 6) is -0.626. The van der Waals surface area contributed by atoms with Gasteiger partial charge in [0.1, 0.15) is 23.9 Å². The molecule has 0 aliphatic carbocycles. The Labute approximate surface area is 378 Å². The fraction of sp³-hybridized carbons (Fsp3) is 0.314. The number of aliphatic hydroxyl groups is 2. The molecule has 0 spiro atoms. The molecule has 0 aromatic heterocycles. The van der Waals surface area contributed by atoms with E-state index in [0.717, 1.165) is 27.9 Å². The van der Waals surface area contributed by atoms with Crippen molar-refractivity contribution in [2.75, 3.05) is 48.8 Å². The lowest BCUT2D eigenvalue weighted by molar-refractivity contribution is -0.120. The molecule has 14 heteroatoms. The molecule has 0 bridgehead atoms. The lowest BCUT2D eigenvalue weighted by Crippen LogP contribution is -2.40. The van der Waals surface area contributed by atoms with E-state index in [-0.39, 0.29) is 55.0 Å². The molecule has 65 heavy (non-hydrogen) atoms. The van der Waals surface area contributed by atoms with Gasteiger partial charge >= 0.3 is 6.09 Å². The zero-order valence-corrected chi connectivity index (χ0v) is 36.7. The maximum atomic E-state index is 14.9. The van der Waals surface area contributed by atoms with E-state index in [9.17, 15) is 34.1 Å². The number of nitrogens with one attached hydrogen (secondary N) is 4. The Balaban J connectivity index is 0.799. The molecule has 3 atom stereocenters. The quantitative estimate of drug-likeness (QED) is 0.0476. The first-order valence-electron chi connectivity index (χ1n) is 22.0. The van der Waals surface area contributed by atoms with Gasteiger partial charge in [0.05, 0.1) is 23.9 Å². The fourth-order valence-electron chi connectivity index (χ4n) is 8.20. The van der Waals surface area contributed by atoms with Gasteiger partial charge in [0.15, 0.2) is 0 Å². The highest BCUT2D eigenvalue weighted by Gasteiger charge is 2.25. The minimum atomic E-state index is -0.940. The third-order valence-electron chi connectivity index (χ3n) is 11.9. The van der Waals surface area contributed by atoms with Gasteiger partial charge in [-0.3, -0.25) is 14.9 Å². The molecule has 340 valence electrons. The Morgan fingerprint density at radius 3 is 2.43 bits per heavy atom. The molecule has 2 aliphatic rings. The van der Waals surface area contributed by atoms with Gasteiger partial charge in [-0.15, -0.1) is 0 Å². The zero-order valence-electron chi connectivity index (χ0n) is 36.7. The second kappa shape index (κ2) is 21.9. The summed E-state index contributed by atoms with van der Waals surface area (Å²) in [6.45, 7) is 4.31. The number of phenols is 1. The Hall–Kier alpha value is -6.58. The van der Waals surface area contributed by atoms with Crippen LogP contribution in [-0.2, 0) is 33.7 Å². The average Bonchev–Trinajstić information content (AvgIpc) is 3.31. The van der Waals surface area contributed by atoms with Crippen LogP contribution in [0.3, 0.4) is 0 Å². The van der Waals surface area contributed by atoms with Crippen molar-refractivity contribution in [3.05, 3.63) is 149 Å². The molecule has 13 nitrogen and oxygen atoms in total. The van der Waals surface area contributed by atoms with Crippen molar-refractivity contribution in [2.24, 2.45) is 0 Å². The molecule has 5 aromatic carbocycles. The largest absolute Gasteiger partial charge is 0.506 e. The van der Waals surface area contributed by atoms with E-state index < -0.39 is 18.4 Å². The number of carbonyl (C=O) groups is 3. The monoisotopic (exact) mass is 884 g/mol. The van der Waals surface area contributed by atoms with Crippen molar-refractivity contribution in [1.29, 1.82) is 0 Å². The number of hydrogen-bond acceptors (Lipinski definition) is 10. The number of amides is 3. The average molecular weight is 885 g/mol. The van der Waals surface area contributed by atoms with Crippen LogP contribution in [0.2, 0.25) is 0 Å². The number of anilines is 3. The number of para-hydroxylation sites is 1. The number of likely N-dealkylation sites (tertiary alicyclic amines) is 1. The third-order valence-corrected chi connectivity index (χ3v) is 11.9. The summed E-state index contributed by atoms with van der Waals surface area (Å²) in [5.41, 5.74) is 6.85. The van der Waals surface area contributed by atoms with Gasteiger partial charge in [0.2, 0.25) is 11.8 Å². The molecule has 7 rings (SSSR count). The standard InChI is InChI=1S/C51H57FN6O7/c1-33(53-32-46(60)41-17-20-45(59)50-42(41)18-21-47(61)56-50)28-37-29-35(14-19-43(37)52)31-54-48(62)30-34-12-15-38(16-13-34)57(2)49(63)24-27-58-25-22-39(23-26-58)65-51(64)55-44-11-7-6-10-40(44)36-8-4-3-5-9-36/h3-21,29,33,39,46-47,53,56,59-61H,22-28,30-32H2,1-2H3,(H,54,62)(H,55,64)/t33?,46-,47?/m0/s1. The van der Waals surface area contributed by atoms with Crippen molar-refractivity contribution < 1.29 is 38.8 Å². The van der Waals surface area contributed by atoms with E-state index in [4.69, 9.17) is 4.74 Å². The molecular weight excluding hydrogens is 828 g/mol. The third kappa shape index (κ3) is 12.6. The van der Waals surface area contributed by atoms with Crippen molar-refractivity contribution in [3.8, 4) is 16.9 Å².